The first-order valence-electron chi connectivity index (χ1n) is 10.7. The van der Waals surface area contributed by atoms with Gasteiger partial charge in [0.05, 0.1) is 23.5 Å². The lowest BCUT2D eigenvalue weighted by Gasteiger charge is -2.19. The molecule has 0 aliphatic heterocycles. The predicted octanol–water partition coefficient (Wildman–Crippen LogP) is 3.50. The lowest BCUT2D eigenvalue weighted by atomic mass is 10.1. The molecular formula is C25H21ClN5O4P. The SMILES string of the molecule is COP(=O)(c1cc(C)cc(/C=C/C#N)c1)c1c(C(=O)NCc2cnc[n+]([O-])c2)[nH]c2ccc(Cl)cc12. The fraction of sp³-hybridized carbons (Fsp3) is 0.120. The highest BCUT2D eigenvalue weighted by Crippen LogP contribution is 2.47. The molecule has 1 unspecified atom stereocenters. The Kier molecular flexibility index (Phi) is 7.22. The van der Waals surface area contributed by atoms with Gasteiger partial charge in [-0.05, 0) is 54.5 Å². The summed E-state index contributed by atoms with van der Waals surface area (Å²) in [5.74, 6) is -0.548. The van der Waals surface area contributed by atoms with Gasteiger partial charge in [-0.1, -0.05) is 22.7 Å². The van der Waals surface area contributed by atoms with Gasteiger partial charge in [-0.25, -0.2) is 4.73 Å². The first-order chi connectivity index (χ1) is 17.2. The number of aryl methyl sites for hydroxylation is 1. The predicted molar refractivity (Wildman–Crippen MR) is 137 cm³/mol. The first kappa shape index (κ1) is 25.1. The topological polar surface area (TPSA) is 135 Å². The molecule has 11 heteroatoms. The van der Waals surface area contributed by atoms with E-state index in [9.17, 15) is 14.6 Å². The highest BCUT2D eigenvalue weighted by Gasteiger charge is 2.36. The summed E-state index contributed by atoms with van der Waals surface area (Å²) in [6, 6.07) is 12.1. The quantitative estimate of drug-likeness (QED) is 0.165. The summed E-state index contributed by atoms with van der Waals surface area (Å²) in [5, 5.41) is 24.6. The van der Waals surface area contributed by atoms with Gasteiger partial charge in [0.15, 0.2) is 0 Å². The van der Waals surface area contributed by atoms with E-state index in [1.54, 1.807) is 36.4 Å². The largest absolute Gasteiger partial charge is 0.711 e. The number of carbonyl (C=O) groups excluding carboxylic acids is 1. The molecule has 4 rings (SSSR count). The number of H-pyrrole nitrogens is 1. The van der Waals surface area contributed by atoms with Crippen molar-refractivity contribution in [3.63, 3.8) is 0 Å². The Morgan fingerprint density at radius 3 is 2.89 bits per heavy atom. The minimum Gasteiger partial charge on any atom is -0.711 e. The van der Waals surface area contributed by atoms with Crippen LogP contribution in [0, 0.1) is 23.5 Å². The number of amides is 1. The third-order valence-electron chi connectivity index (χ3n) is 5.45. The van der Waals surface area contributed by atoms with E-state index in [4.69, 9.17) is 21.4 Å². The number of aromatic amines is 1. The van der Waals surface area contributed by atoms with E-state index in [0.29, 0.717) is 37.1 Å². The number of aromatic nitrogens is 3. The van der Waals surface area contributed by atoms with Crippen LogP contribution in [0.5, 0.6) is 0 Å². The Morgan fingerprint density at radius 1 is 1.36 bits per heavy atom. The van der Waals surface area contributed by atoms with Crippen LogP contribution in [0.2, 0.25) is 5.02 Å². The minimum atomic E-state index is -3.84. The molecule has 0 spiro atoms. The van der Waals surface area contributed by atoms with Gasteiger partial charge < -0.3 is 20.0 Å². The molecule has 9 nitrogen and oxygen atoms in total. The van der Waals surface area contributed by atoms with Crippen LogP contribution in [0.3, 0.4) is 0 Å². The van der Waals surface area contributed by atoms with Gasteiger partial charge in [-0.2, -0.15) is 5.26 Å². The van der Waals surface area contributed by atoms with Crippen molar-refractivity contribution in [1.82, 2.24) is 15.3 Å². The molecule has 182 valence electrons. The van der Waals surface area contributed by atoms with Crippen LogP contribution in [-0.4, -0.2) is 23.0 Å². The molecule has 1 amide bonds. The summed E-state index contributed by atoms with van der Waals surface area (Å²) in [6.45, 7) is 1.86. The van der Waals surface area contributed by atoms with Gasteiger partial charge in [0.1, 0.15) is 18.1 Å². The number of hydrogen-bond donors (Lipinski definition) is 2. The molecule has 0 saturated carbocycles. The lowest BCUT2D eigenvalue weighted by Crippen LogP contribution is -2.32. The Bertz CT molecular complexity index is 1590. The van der Waals surface area contributed by atoms with Crippen LogP contribution in [0.4, 0.5) is 0 Å². The van der Waals surface area contributed by atoms with Crippen LogP contribution < -0.4 is 20.7 Å². The van der Waals surface area contributed by atoms with Gasteiger partial charge in [-0.3, -0.25) is 9.36 Å². The van der Waals surface area contributed by atoms with Crippen molar-refractivity contribution in [2.75, 3.05) is 7.11 Å². The number of allylic oxidation sites excluding steroid dienone is 1. The zero-order valence-electron chi connectivity index (χ0n) is 19.4. The molecule has 36 heavy (non-hydrogen) atoms. The second-order valence-electron chi connectivity index (χ2n) is 7.98. The van der Waals surface area contributed by atoms with Gasteiger partial charge in [0, 0.05) is 34.4 Å². The molecule has 0 saturated heterocycles. The molecule has 0 aliphatic carbocycles. The number of fused-ring (bicyclic) bond motifs is 1. The van der Waals surface area contributed by atoms with Crippen molar-refractivity contribution in [1.29, 1.82) is 5.26 Å². The summed E-state index contributed by atoms with van der Waals surface area (Å²) < 4.78 is 20.8. The maximum Gasteiger partial charge on any atom is 0.289 e. The molecule has 0 radical (unpaired) electrons. The number of nitrogens with one attached hydrogen (secondary N) is 2. The fourth-order valence-corrected chi connectivity index (χ4v) is 6.39. The molecule has 2 N–H and O–H groups in total. The molecular weight excluding hydrogens is 501 g/mol. The molecule has 2 aromatic heterocycles. The number of hydrogen-bond acceptors (Lipinski definition) is 6. The molecule has 0 bridgehead atoms. The van der Waals surface area contributed by atoms with E-state index in [0.717, 1.165) is 11.9 Å². The van der Waals surface area contributed by atoms with E-state index in [-0.39, 0.29) is 17.5 Å². The Balaban J connectivity index is 1.86. The maximum atomic E-state index is 14.6. The van der Waals surface area contributed by atoms with Crippen molar-refractivity contribution in [3.8, 4) is 6.07 Å². The molecule has 2 heterocycles. The summed E-state index contributed by atoms with van der Waals surface area (Å²) in [7, 11) is -2.52. The van der Waals surface area contributed by atoms with Crippen LogP contribution >= 0.6 is 19.0 Å². The van der Waals surface area contributed by atoms with Crippen molar-refractivity contribution >= 4 is 52.5 Å². The van der Waals surface area contributed by atoms with Gasteiger partial charge in [0.25, 0.3) is 19.6 Å². The molecule has 0 fully saturated rings. The molecule has 4 aromatic rings. The average molecular weight is 522 g/mol. The second-order valence-corrected chi connectivity index (χ2v) is 10.8. The number of carbonyl (C=O) groups is 1. The zero-order chi connectivity index (χ0) is 25.9. The van der Waals surface area contributed by atoms with E-state index >= 15 is 0 Å². The van der Waals surface area contributed by atoms with Crippen LogP contribution in [-0.2, 0) is 15.6 Å². The van der Waals surface area contributed by atoms with Crippen LogP contribution in [0.25, 0.3) is 17.0 Å². The Hall–Kier alpha value is -3.96. The molecule has 1 atom stereocenters. The van der Waals surface area contributed by atoms with E-state index in [2.05, 4.69) is 15.3 Å². The number of nitrogens with zero attached hydrogens (tertiary/aromatic N) is 3. The minimum absolute atomic E-state index is 0.0231. The third-order valence-corrected chi connectivity index (χ3v) is 8.19. The normalized spacial score (nSPS) is 12.9. The summed E-state index contributed by atoms with van der Waals surface area (Å²) in [4.78, 5) is 20.2. The lowest BCUT2D eigenvalue weighted by molar-refractivity contribution is -0.609. The van der Waals surface area contributed by atoms with E-state index in [1.807, 2.05) is 19.1 Å². The number of nitriles is 1. The second kappa shape index (κ2) is 10.3. The monoisotopic (exact) mass is 521 g/mol. The van der Waals surface area contributed by atoms with Crippen LogP contribution in [0.1, 0.15) is 27.2 Å². The van der Waals surface area contributed by atoms with Crippen molar-refractivity contribution in [2.24, 2.45) is 0 Å². The molecule has 2 aromatic carbocycles. The van der Waals surface area contributed by atoms with Crippen molar-refractivity contribution < 1.29 is 18.6 Å². The Morgan fingerprint density at radius 2 is 2.17 bits per heavy atom. The Labute approximate surface area is 212 Å². The summed E-state index contributed by atoms with van der Waals surface area (Å²) >= 11 is 6.26. The first-order valence-corrected chi connectivity index (χ1v) is 12.7. The summed E-state index contributed by atoms with van der Waals surface area (Å²) in [5.41, 5.74) is 2.55. The summed E-state index contributed by atoms with van der Waals surface area (Å²) in [6.07, 6.45) is 6.78. The number of rotatable bonds is 7. The fourth-order valence-electron chi connectivity index (χ4n) is 3.92. The highest BCUT2D eigenvalue weighted by atomic mass is 35.5. The maximum absolute atomic E-state index is 14.6. The van der Waals surface area contributed by atoms with Crippen molar-refractivity contribution in [3.05, 3.63) is 93.8 Å². The highest BCUT2D eigenvalue weighted by molar-refractivity contribution is 7.75. The van der Waals surface area contributed by atoms with Gasteiger partial charge >= 0.3 is 0 Å². The van der Waals surface area contributed by atoms with E-state index in [1.165, 1.54) is 25.6 Å². The van der Waals surface area contributed by atoms with Gasteiger partial charge in [0.2, 0.25) is 0 Å². The standard InChI is InChI=1S/C25H21ClN5O4P/c1-16-8-17(4-3-7-27)10-20(9-16)36(34,35-2)24-21-11-19(26)5-6-22(21)30-23(24)25(32)29-13-18-12-28-15-31(33)14-18/h3-6,8-12,14-15,30H,13H2,1-2H3,(H,29,32)/b4-3+. The number of benzene rings is 2. The third kappa shape index (κ3) is 5.02. The van der Waals surface area contributed by atoms with Crippen molar-refractivity contribution in [2.45, 2.75) is 13.5 Å². The van der Waals surface area contributed by atoms with Crippen LogP contribution in [0.15, 0.2) is 61.2 Å². The smallest absolute Gasteiger partial charge is 0.289 e. The average Bonchev–Trinajstić information content (AvgIpc) is 3.24. The molecule has 0 aliphatic rings. The van der Waals surface area contributed by atoms with Gasteiger partial charge in [-0.15, -0.1) is 0 Å². The number of halogens is 1. The zero-order valence-corrected chi connectivity index (χ0v) is 21.0. The van der Waals surface area contributed by atoms with E-state index < -0.39 is 13.3 Å².